The fourth-order valence-electron chi connectivity index (χ4n) is 2.66. The molecule has 0 saturated carbocycles. The summed E-state index contributed by atoms with van der Waals surface area (Å²) >= 11 is 0. The Morgan fingerprint density at radius 3 is 2.32 bits per heavy atom. The molecular formula is C16H12O3. The van der Waals surface area contributed by atoms with E-state index in [2.05, 4.69) is 6.58 Å². The quantitative estimate of drug-likeness (QED) is 0.770. The molecular weight excluding hydrogens is 240 g/mol. The predicted octanol–water partition coefficient (Wildman–Crippen LogP) is 2.24. The van der Waals surface area contributed by atoms with Gasteiger partial charge < -0.3 is 5.11 Å². The Morgan fingerprint density at radius 1 is 1.11 bits per heavy atom. The van der Waals surface area contributed by atoms with Crippen LogP contribution in [-0.2, 0) is 0 Å². The van der Waals surface area contributed by atoms with Crippen LogP contribution in [0.3, 0.4) is 0 Å². The highest BCUT2D eigenvalue weighted by atomic mass is 16.3. The van der Waals surface area contributed by atoms with Gasteiger partial charge in [-0.3, -0.25) is 9.59 Å². The number of benzene rings is 1. The van der Waals surface area contributed by atoms with Gasteiger partial charge in [0.1, 0.15) is 6.10 Å². The minimum Gasteiger partial charge on any atom is -0.384 e. The lowest BCUT2D eigenvalue weighted by molar-refractivity contribution is 0.0949. The van der Waals surface area contributed by atoms with Gasteiger partial charge in [-0.1, -0.05) is 36.9 Å². The van der Waals surface area contributed by atoms with Crippen molar-refractivity contribution in [3.8, 4) is 0 Å². The molecule has 0 fully saturated rings. The second-order valence-corrected chi connectivity index (χ2v) is 4.80. The molecule has 0 radical (unpaired) electrons. The third kappa shape index (κ3) is 1.48. The van der Waals surface area contributed by atoms with Crippen LogP contribution >= 0.6 is 0 Å². The molecule has 0 aromatic heterocycles. The van der Waals surface area contributed by atoms with Crippen LogP contribution in [0.5, 0.6) is 0 Å². The molecule has 3 rings (SSSR count). The number of Topliss-reactive ketones (excluding diaryl/α,β-unsaturated/α-hetero) is 2. The minimum absolute atomic E-state index is 0.161. The summed E-state index contributed by atoms with van der Waals surface area (Å²) in [4.78, 5) is 24.9. The van der Waals surface area contributed by atoms with Crippen molar-refractivity contribution in [2.45, 2.75) is 13.0 Å². The van der Waals surface area contributed by atoms with E-state index in [1.807, 2.05) is 0 Å². The van der Waals surface area contributed by atoms with Gasteiger partial charge in [0, 0.05) is 22.3 Å². The fourth-order valence-corrected chi connectivity index (χ4v) is 2.66. The zero-order chi connectivity index (χ0) is 13.7. The molecule has 2 aliphatic carbocycles. The number of hydrogen-bond acceptors (Lipinski definition) is 3. The second kappa shape index (κ2) is 3.87. The molecule has 19 heavy (non-hydrogen) atoms. The number of aliphatic hydroxyl groups is 1. The molecule has 1 unspecified atom stereocenters. The van der Waals surface area contributed by atoms with Gasteiger partial charge in [-0.05, 0) is 18.1 Å². The van der Waals surface area contributed by atoms with E-state index in [0.29, 0.717) is 27.8 Å². The maximum atomic E-state index is 12.5. The van der Waals surface area contributed by atoms with Gasteiger partial charge in [-0.25, -0.2) is 0 Å². The highest BCUT2D eigenvalue weighted by Gasteiger charge is 2.38. The number of carbonyl (C=O) groups is 2. The summed E-state index contributed by atoms with van der Waals surface area (Å²) in [5.74, 6) is -0.489. The Labute approximate surface area is 110 Å². The average molecular weight is 252 g/mol. The smallest absolute Gasteiger partial charge is 0.194 e. The number of aliphatic hydroxyl groups excluding tert-OH is 1. The van der Waals surface area contributed by atoms with Crippen molar-refractivity contribution in [1.82, 2.24) is 0 Å². The number of carbonyl (C=O) groups excluding carboxylic acids is 2. The van der Waals surface area contributed by atoms with E-state index in [0.717, 1.165) is 0 Å². The summed E-state index contributed by atoms with van der Waals surface area (Å²) in [6.07, 6.45) is 0.561. The number of rotatable bonds is 0. The first-order valence-electron chi connectivity index (χ1n) is 6.00. The molecule has 0 heterocycles. The van der Waals surface area contributed by atoms with Crippen LogP contribution in [0, 0.1) is 0 Å². The van der Waals surface area contributed by atoms with Gasteiger partial charge in [-0.2, -0.15) is 0 Å². The monoisotopic (exact) mass is 252 g/mol. The molecule has 2 aliphatic rings. The maximum absolute atomic E-state index is 12.5. The van der Waals surface area contributed by atoms with E-state index >= 15 is 0 Å². The zero-order valence-electron chi connectivity index (χ0n) is 10.4. The lowest BCUT2D eigenvalue weighted by Crippen LogP contribution is -2.32. The third-order valence-electron chi connectivity index (χ3n) is 3.58. The summed E-state index contributed by atoms with van der Waals surface area (Å²) in [5.41, 5.74) is 2.36. The fraction of sp³-hybridized carbons (Fsp3) is 0.125. The Kier molecular flexibility index (Phi) is 2.40. The molecule has 0 bridgehead atoms. The summed E-state index contributed by atoms with van der Waals surface area (Å²) in [6.45, 7) is 5.48. The molecule has 1 atom stereocenters. The van der Waals surface area contributed by atoms with Crippen molar-refractivity contribution in [2.24, 2.45) is 0 Å². The Bertz CT molecular complexity index is 704. The largest absolute Gasteiger partial charge is 0.384 e. The normalized spacial score (nSPS) is 22.1. The standard InChI is InChI=1S/C16H12O3/c1-8-7-9(2)14(17)13-12(8)15(18)10-5-3-4-6-11(10)16(13)19/h3-7,14,17H,2H2,1H3. The highest BCUT2D eigenvalue weighted by molar-refractivity contribution is 6.29. The van der Waals surface area contributed by atoms with Crippen LogP contribution < -0.4 is 0 Å². The van der Waals surface area contributed by atoms with Gasteiger partial charge in [-0.15, -0.1) is 0 Å². The van der Waals surface area contributed by atoms with E-state index in [1.54, 1.807) is 37.3 Å². The van der Waals surface area contributed by atoms with Crippen LogP contribution in [-0.4, -0.2) is 22.8 Å². The molecule has 3 nitrogen and oxygen atoms in total. The lowest BCUT2D eigenvalue weighted by atomic mass is 9.75. The van der Waals surface area contributed by atoms with E-state index in [-0.39, 0.29) is 17.1 Å². The van der Waals surface area contributed by atoms with Gasteiger partial charge in [0.25, 0.3) is 0 Å². The lowest BCUT2D eigenvalue weighted by Gasteiger charge is -2.28. The zero-order valence-corrected chi connectivity index (χ0v) is 10.4. The molecule has 3 heteroatoms. The molecule has 1 N–H and O–H groups in total. The first-order valence-corrected chi connectivity index (χ1v) is 6.00. The Morgan fingerprint density at radius 2 is 1.68 bits per heavy atom. The number of allylic oxidation sites excluding steroid dienone is 2. The summed E-state index contributed by atoms with van der Waals surface area (Å²) < 4.78 is 0. The average Bonchev–Trinajstić information content (AvgIpc) is 2.40. The van der Waals surface area contributed by atoms with Crippen molar-refractivity contribution < 1.29 is 14.7 Å². The van der Waals surface area contributed by atoms with Crippen molar-refractivity contribution in [2.75, 3.05) is 0 Å². The summed E-state index contributed by atoms with van der Waals surface area (Å²) in [6, 6.07) is 6.69. The molecule has 0 amide bonds. The van der Waals surface area contributed by atoms with E-state index in [9.17, 15) is 14.7 Å². The van der Waals surface area contributed by atoms with Gasteiger partial charge in [0.15, 0.2) is 11.6 Å². The predicted molar refractivity (Wildman–Crippen MR) is 71.0 cm³/mol. The number of fused-ring (bicyclic) bond motifs is 1. The van der Waals surface area contributed by atoms with E-state index in [4.69, 9.17) is 0 Å². The Hall–Kier alpha value is -2.26. The van der Waals surface area contributed by atoms with Crippen molar-refractivity contribution in [3.63, 3.8) is 0 Å². The molecule has 0 spiro atoms. The highest BCUT2D eigenvalue weighted by Crippen LogP contribution is 2.36. The Balaban J connectivity index is 2.31. The van der Waals surface area contributed by atoms with Crippen LogP contribution in [0.15, 0.2) is 59.2 Å². The van der Waals surface area contributed by atoms with Crippen molar-refractivity contribution in [1.29, 1.82) is 0 Å². The number of hydrogen-bond donors (Lipinski definition) is 1. The summed E-state index contributed by atoms with van der Waals surface area (Å²) in [5, 5.41) is 10.1. The van der Waals surface area contributed by atoms with Crippen molar-refractivity contribution in [3.05, 3.63) is 70.3 Å². The van der Waals surface area contributed by atoms with Gasteiger partial charge >= 0.3 is 0 Å². The van der Waals surface area contributed by atoms with Gasteiger partial charge in [0.2, 0.25) is 0 Å². The molecule has 1 aromatic carbocycles. The topological polar surface area (TPSA) is 54.4 Å². The van der Waals surface area contributed by atoms with Crippen LogP contribution in [0.25, 0.3) is 0 Å². The molecule has 0 aliphatic heterocycles. The van der Waals surface area contributed by atoms with Gasteiger partial charge in [0.05, 0.1) is 0 Å². The van der Waals surface area contributed by atoms with Crippen molar-refractivity contribution >= 4 is 11.6 Å². The second-order valence-electron chi connectivity index (χ2n) is 4.80. The molecule has 0 saturated heterocycles. The molecule has 94 valence electrons. The first kappa shape index (κ1) is 11.8. The van der Waals surface area contributed by atoms with E-state index < -0.39 is 6.10 Å². The maximum Gasteiger partial charge on any atom is 0.194 e. The van der Waals surface area contributed by atoms with Crippen LogP contribution in [0.1, 0.15) is 27.6 Å². The van der Waals surface area contributed by atoms with E-state index in [1.165, 1.54) is 0 Å². The molecule has 1 aromatic rings. The third-order valence-corrected chi connectivity index (χ3v) is 3.58. The summed E-state index contributed by atoms with van der Waals surface area (Å²) in [7, 11) is 0. The minimum atomic E-state index is -1.09. The SMILES string of the molecule is C=C1C=C(C)C2=C(C(=O)c3ccccc3C2=O)C1O. The van der Waals surface area contributed by atoms with Crippen LogP contribution in [0.2, 0.25) is 0 Å². The number of ketones is 2. The van der Waals surface area contributed by atoms with Crippen LogP contribution in [0.4, 0.5) is 0 Å². The first-order chi connectivity index (χ1) is 9.02.